The predicted molar refractivity (Wildman–Crippen MR) is 62.9 cm³/mol. The summed E-state index contributed by atoms with van der Waals surface area (Å²) in [5, 5.41) is 0. The van der Waals surface area contributed by atoms with Crippen LogP contribution >= 0.6 is 0 Å². The van der Waals surface area contributed by atoms with Gasteiger partial charge in [0, 0.05) is 10.8 Å². The molecule has 0 aromatic carbocycles. The van der Waals surface area contributed by atoms with Gasteiger partial charge in [-0.2, -0.15) is 0 Å². The Morgan fingerprint density at radius 1 is 1.12 bits per heavy atom. The summed E-state index contributed by atoms with van der Waals surface area (Å²) in [5.74, 6) is 2.15. The third-order valence-electron chi connectivity index (χ3n) is 7.43. The van der Waals surface area contributed by atoms with Crippen molar-refractivity contribution in [3.63, 3.8) is 0 Å². The zero-order chi connectivity index (χ0) is 11.6. The van der Waals surface area contributed by atoms with Gasteiger partial charge in [0.05, 0.1) is 0 Å². The number of ketones is 1. The molecule has 5 fully saturated rings. The molecule has 0 aromatic rings. The first-order valence-corrected chi connectivity index (χ1v) is 6.87. The van der Waals surface area contributed by atoms with E-state index in [4.69, 9.17) is 0 Å². The zero-order valence-corrected chi connectivity index (χ0v) is 10.9. The molecule has 88 valence electrons. The molecule has 5 aliphatic rings. The minimum atomic E-state index is 0.0579. The SMILES string of the molecule is CC1(C)CCC[C@]2(C)[C@H]3[C@@H]4C[C@@]12C(=O)[C@]43C. The second kappa shape index (κ2) is 2.04. The van der Waals surface area contributed by atoms with Gasteiger partial charge in [-0.05, 0) is 41.9 Å². The Morgan fingerprint density at radius 2 is 1.81 bits per heavy atom. The Balaban J connectivity index is 2.00. The minimum absolute atomic E-state index is 0.0579. The average Bonchev–Trinajstić information content (AvgIpc) is 2.45. The van der Waals surface area contributed by atoms with Gasteiger partial charge >= 0.3 is 0 Å². The van der Waals surface area contributed by atoms with E-state index in [1.54, 1.807) is 0 Å². The maximum absolute atomic E-state index is 12.9. The van der Waals surface area contributed by atoms with Crippen LogP contribution in [0, 0.1) is 33.5 Å². The van der Waals surface area contributed by atoms with Crippen LogP contribution in [0.3, 0.4) is 0 Å². The number of hydrogen-bond donors (Lipinski definition) is 0. The minimum Gasteiger partial charge on any atom is -0.298 e. The molecule has 0 radical (unpaired) electrons. The van der Waals surface area contributed by atoms with Crippen LogP contribution in [0.5, 0.6) is 0 Å². The standard InChI is InChI=1S/C15H22O/c1-12(2)6-5-7-13(3)10-9-8-15(12,13)11(16)14(9,10)4/h9-10H,5-8H2,1-4H3/t9-,10+,13+,14+,15+/m0/s1. The fraction of sp³-hybridized carbons (Fsp3) is 0.933. The summed E-state index contributed by atoms with van der Waals surface area (Å²) in [5.41, 5.74) is 0.766. The number of hydrogen-bond acceptors (Lipinski definition) is 1. The molecular formula is C15H22O. The van der Waals surface area contributed by atoms with Crippen LogP contribution in [0.25, 0.3) is 0 Å². The lowest BCUT2D eigenvalue weighted by molar-refractivity contribution is -0.145. The molecule has 0 aromatic heterocycles. The van der Waals surface area contributed by atoms with Crippen LogP contribution in [0.15, 0.2) is 0 Å². The largest absolute Gasteiger partial charge is 0.298 e. The molecule has 1 spiro atoms. The Hall–Kier alpha value is -0.330. The van der Waals surface area contributed by atoms with E-state index >= 15 is 0 Å². The van der Waals surface area contributed by atoms with Crippen LogP contribution in [-0.4, -0.2) is 5.78 Å². The molecular weight excluding hydrogens is 196 g/mol. The maximum Gasteiger partial charge on any atom is 0.146 e. The Kier molecular flexibility index (Phi) is 1.23. The highest BCUT2D eigenvalue weighted by Gasteiger charge is 2.93. The highest BCUT2D eigenvalue weighted by Crippen LogP contribution is 2.92. The lowest BCUT2D eigenvalue weighted by Crippen LogP contribution is -2.52. The molecule has 5 rings (SSSR count). The number of Topliss-reactive ketones (excluding diaryl/α,β-unsaturated/α-hetero) is 1. The van der Waals surface area contributed by atoms with Crippen molar-refractivity contribution < 1.29 is 4.79 Å². The first-order valence-electron chi connectivity index (χ1n) is 6.87. The fourth-order valence-electron chi connectivity index (χ4n) is 6.82. The van der Waals surface area contributed by atoms with Crippen molar-refractivity contribution in [2.24, 2.45) is 33.5 Å². The molecule has 0 unspecified atom stereocenters. The van der Waals surface area contributed by atoms with E-state index in [9.17, 15) is 4.79 Å². The molecule has 4 bridgehead atoms. The quantitative estimate of drug-likeness (QED) is 0.609. The molecule has 0 aliphatic heterocycles. The highest BCUT2D eigenvalue weighted by molar-refractivity contribution is 6.01. The lowest BCUT2D eigenvalue weighted by Gasteiger charge is -2.54. The molecule has 0 N–H and O–H groups in total. The van der Waals surface area contributed by atoms with E-state index in [1.165, 1.54) is 25.7 Å². The van der Waals surface area contributed by atoms with E-state index in [0.717, 1.165) is 11.8 Å². The second-order valence-electron chi connectivity index (χ2n) is 7.96. The first kappa shape index (κ1) is 9.67. The normalized spacial score (nSPS) is 64.6. The maximum atomic E-state index is 12.9. The number of carbonyl (C=O) groups excluding carboxylic acids is 1. The van der Waals surface area contributed by atoms with E-state index in [0.29, 0.717) is 11.2 Å². The molecule has 5 saturated carbocycles. The monoisotopic (exact) mass is 218 g/mol. The molecule has 1 nitrogen and oxygen atoms in total. The molecule has 5 aliphatic carbocycles. The van der Waals surface area contributed by atoms with Gasteiger partial charge in [-0.3, -0.25) is 4.79 Å². The summed E-state index contributed by atoms with van der Waals surface area (Å²) >= 11 is 0. The van der Waals surface area contributed by atoms with Gasteiger partial charge < -0.3 is 0 Å². The zero-order valence-electron chi connectivity index (χ0n) is 10.9. The van der Waals surface area contributed by atoms with Crippen molar-refractivity contribution in [3.05, 3.63) is 0 Å². The van der Waals surface area contributed by atoms with Crippen molar-refractivity contribution >= 4 is 5.78 Å². The first-order chi connectivity index (χ1) is 7.32. The van der Waals surface area contributed by atoms with Gasteiger partial charge in [-0.25, -0.2) is 0 Å². The average molecular weight is 218 g/mol. The second-order valence-corrected chi connectivity index (χ2v) is 7.96. The van der Waals surface area contributed by atoms with E-state index in [-0.39, 0.29) is 16.2 Å². The molecule has 0 saturated heterocycles. The van der Waals surface area contributed by atoms with Crippen LogP contribution < -0.4 is 0 Å². The summed E-state index contributed by atoms with van der Waals surface area (Å²) in [6.07, 6.45) is 5.11. The highest BCUT2D eigenvalue weighted by atomic mass is 16.1. The van der Waals surface area contributed by atoms with Crippen molar-refractivity contribution in [2.45, 2.75) is 53.4 Å². The third-order valence-corrected chi connectivity index (χ3v) is 7.43. The molecule has 5 atom stereocenters. The summed E-state index contributed by atoms with van der Waals surface area (Å²) in [6, 6.07) is 0. The van der Waals surface area contributed by atoms with Gasteiger partial charge in [-0.15, -0.1) is 0 Å². The summed E-state index contributed by atoms with van der Waals surface area (Å²) in [6.45, 7) is 9.42. The molecule has 16 heavy (non-hydrogen) atoms. The topological polar surface area (TPSA) is 17.1 Å². The Bertz CT molecular complexity index is 423. The smallest absolute Gasteiger partial charge is 0.146 e. The van der Waals surface area contributed by atoms with Crippen LogP contribution in [0.1, 0.15) is 53.4 Å². The van der Waals surface area contributed by atoms with Gasteiger partial charge in [0.15, 0.2) is 0 Å². The van der Waals surface area contributed by atoms with Gasteiger partial charge in [-0.1, -0.05) is 34.1 Å². The van der Waals surface area contributed by atoms with Crippen molar-refractivity contribution in [1.82, 2.24) is 0 Å². The fourth-order valence-corrected chi connectivity index (χ4v) is 6.82. The third kappa shape index (κ3) is 0.559. The van der Waals surface area contributed by atoms with Gasteiger partial charge in [0.1, 0.15) is 5.78 Å². The molecule has 0 heterocycles. The van der Waals surface area contributed by atoms with Crippen molar-refractivity contribution in [1.29, 1.82) is 0 Å². The van der Waals surface area contributed by atoms with E-state index in [2.05, 4.69) is 27.7 Å². The van der Waals surface area contributed by atoms with Crippen LogP contribution in [0.2, 0.25) is 0 Å². The summed E-state index contributed by atoms with van der Waals surface area (Å²) in [4.78, 5) is 12.9. The molecule has 0 amide bonds. The van der Waals surface area contributed by atoms with Crippen LogP contribution in [0.4, 0.5) is 0 Å². The number of carbonyl (C=O) groups is 1. The summed E-state index contributed by atoms with van der Waals surface area (Å²) in [7, 11) is 0. The predicted octanol–water partition coefficient (Wildman–Crippen LogP) is 3.43. The summed E-state index contributed by atoms with van der Waals surface area (Å²) < 4.78 is 0. The van der Waals surface area contributed by atoms with Gasteiger partial charge in [0.25, 0.3) is 0 Å². The van der Waals surface area contributed by atoms with E-state index in [1.807, 2.05) is 0 Å². The number of rotatable bonds is 0. The van der Waals surface area contributed by atoms with Crippen LogP contribution in [-0.2, 0) is 4.79 Å². The van der Waals surface area contributed by atoms with Crippen molar-refractivity contribution in [3.8, 4) is 0 Å². The van der Waals surface area contributed by atoms with Gasteiger partial charge in [0.2, 0.25) is 0 Å². The van der Waals surface area contributed by atoms with Crippen molar-refractivity contribution in [2.75, 3.05) is 0 Å². The molecule has 1 heteroatoms. The van der Waals surface area contributed by atoms with E-state index < -0.39 is 0 Å². The Morgan fingerprint density at radius 3 is 2.31 bits per heavy atom. The lowest BCUT2D eigenvalue weighted by atomic mass is 9.48. The Labute approximate surface area is 98.0 Å².